The Morgan fingerprint density at radius 3 is 2.69 bits per heavy atom. The van der Waals surface area contributed by atoms with Crippen molar-refractivity contribution >= 4 is 23.5 Å². The number of nitrogens with one attached hydrogen (secondary N) is 1. The number of aromatic nitrogens is 2. The fourth-order valence-electron chi connectivity index (χ4n) is 2.50. The molecule has 0 atom stereocenters. The average molecular weight is 395 g/mol. The summed E-state index contributed by atoms with van der Waals surface area (Å²) in [5.41, 5.74) is 6.73. The molecule has 0 aliphatic carbocycles. The van der Waals surface area contributed by atoms with Crippen LogP contribution in [0.25, 0.3) is 0 Å². The summed E-state index contributed by atoms with van der Waals surface area (Å²) < 4.78 is 11.0. The molecule has 0 aliphatic rings. The Morgan fingerprint density at radius 2 is 2.00 bits per heavy atom. The number of pyridine rings is 1. The summed E-state index contributed by atoms with van der Waals surface area (Å²) >= 11 is 0. The van der Waals surface area contributed by atoms with Crippen molar-refractivity contribution in [1.82, 2.24) is 10.1 Å². The monoisotopic (exact) mass is 395 g/mol. The first-order valence-corrected chi connectivity index (χ1v) is 8.88. The lowest BCUT2D eigenvalue weighted by molar-refractivity contribution is 0.0987. The minimum Gasteiger partial charge on any atom is -0.439 e. The molecule has 0 saturated carbocycles. The molecule has 0 saturated heterocycles. The van der Waals surface area contributed by atoms with Crippen molar-refractivity contribution in [2.75, 3.05) is 17.3 Å². The van der Waals surface area contributed by atoms with Gasteiger partial charge in [0, 0.05) is 42.7 Å². The fraction of sp³-hybridized carbons (Fsp3) is 0.200. The number of benzene rings is 1. The number of carbonyl (C=O) groups is 2. The van der Waals surface area contributed by atoms with Crippen molar-refractivity contribution in [3.05, 3.63) is 59.9 Å². The Labute approximate surface area is 167 Å². The van der Waals surface area contributed by atoms with E-state index in [1.807, 2.05) is 13.8 Å². The fourth-order valence-corrected chi connectivity index (χ4v) is 2.50. The van der Waals surface area contributed by atoms with Gasteiger partial charge in [-0.3, -0.25) is 9.69 Å². The highest BCUT2D eigenvalue weighted by atomic mass is 16.5. The molecule has 0 fully saturated rings. The molecule has 0 bridgehead atoms. The first kappa shape index (κ1) is 19.9. The zero-order valence-corrected chi connectivity index (χ0v) is 16.2. The van der Waals surface area contributed by atoms with Crippen LogP contribution in [0.2, 0.25) is 0 Å². The van der Waals surface area contributed by atoms with Crippen LogP contribution in [0.15, 0.2) is 53.2 Å². The molecule has 3 amide bonds. The molecule has 3 aromatic rings. The largest absolute Gasteiger partial charge is 0.439 e. The minimum absolute atomic E-state index is 0.191. The number of amides is 3. The van der Waals surface area contributed by atoms with Crippen molar-refractivity contribution in [2.24, 2.45) is 5.73 Å². The minimum atomic E-state index is -0.677. The molecule has 150 valence electrons. The molecule has 9 nitrogen and oxygen atoms in total. The van der Waals surface area contributed by atoms with Crippen LogP contribution in [0.1, 0.15) is 35.8 Å². The van der Waals surface area contributed by atoms with E-state index < -0.39 is 6.03 Å². The van der Waals surface area contributed by atoms with E-state index in [1.165, 1.54) is 17.2 Å². The summed E-state index contributed by atoms with van der Waals surface area (Å²) in [6.45, 7) is 3.98. The third-order valence-corrected chi connectivity index (χ3v) is 4.05. The van der Waals surface area contributed by atoms with E-state index >= 15 is 0 Å². The maximum Gasteiger partial charge on any atom is 0.316 e. The van der Waals surface area contributed by atoms with Crippen molar-refractivity contribution in [1.29, 1.82) is 0 Å². The first-order valence-electron chi connectivity index (χ1n) is 8.88. The zero-order chi connectivity index (χ0) is 21.0. The van der Waals surface area contributed by atoms with Crippen molar-refractivity contribution in [3.63, 3.8) is 0 Å². The first-order chi connectivity index (χ1) is 13.8. The Bertz CT molecular complexity index is 1030. The molecular weight excluding hydrogens is 374 g/mol. The maximum absolute atomic E-state index is 12.8. The molecule has 1 aromatic carbocycles. The van der Waals surface area contributed by atoms with Gasteiger partial charge in [-0.25, -0.2) is 9.78 Å². The standard InChI is InChI=1S/C20H21N5O4/c1-12(2)16-11-18(29-24-16)25(3)19(26)13-7-8-22-17(9-13)28-15-6-4-5-14(10-15)23-20(21)27/h4-12H,1-3H3,(H3,21,23,27). The summed E-state index contributed by atoms with van der Waals surface area (Å²) in [7, 11) is 1.60. The number of ether oxygens (including phenoxy) is 1. The summed E-state index contributed by atoms with van der Waals surface area (Å²) in [5.74, 6) is 0.896. The Hall–Kier alpha value is -3.88. The molecule has 0 unspecified atom stereocenters. The van der Waals surface area contributed by atoms with E-state index in [-0.39, 0.29) is 17.7 Å². The van der Waals surface area contributed by atoms with Gasteiger partial charge in [0.15, 0.2) is 0 Å². The van der Waals surface area contributed by atoms with Crippen LogP contribution < -0.4 is 20.7 Å². The van der Waals surface area contributed by atoms with Crippen LogP contribution in [-0.4, -0.2) is 29.1 Å². The lowest BCUT2D eigenvalue weighted by Crippen LogP contribution is -2.25. The number of carbonyl (C=O) groups excluding carboxylic acids is 2. The number of primary amides is 1. The molecule has 9 heteroatoms. The third-order valence-electron chi connectivity index (χ3n) is 4.05. The Morgan fingerprint density at radius 1 is 1.21 bits per heavy atom. The van der Waals surface area contributed by atoms with Gasteiger partial charge in [0.05, 0.1) is 5.69 Å². The van der Waals surface area contributed by atoms with Crippen LogP contribution in [0.4, 0.5) is 16.4 Å². The van der Waals surface area contributed by atoms with E-state index in [4.69, 9.17) is 15.0 Å². The Kier molecular flexibility index (Phi) is 5.77. The van der Waals surface area contributed by atoms with Gasteiger partial charge in [-0.15, -0.1) is 0 Å². The van der Waals surface area contributed by atoms with E-state index in [2.05, 4.69) is 15.5 Å². The second-order valence-electron chi connectivity index (χ2n) is 6.61. The van der Waals surface area contributed by atoms with Gasteiger partial charge in [0.2, 0.25) is 11.8 Å². The van der Waals surface area contributed by atoms with E-state index in [0.717, 1.165) is 5.69 Å². The van der Waals surface area contributed by atoms with Gasteiger partial charge in [-0.2, -0.15) is 0 Å². The summed E-state index contributed by atoms with van der Waals surface area (Å²) in [6.07, 6.45) is 1.47. The smallest absolute Gasteiger partial charge is 0.316 e. The van der Waals surface area contributed by atoms with Crippen molar-refractivity contribution in [3.8, 4) is 11.6 Å². The summed E-state index contributed by atoms with van der Waals surface area (Å²) in [4.78, 5) is 29.3. The second-order valence-corrected chi connectivity index (χ2v) is 6.61. The summed E-state index contributed by atoms with van der Waals surface area (Å²) in [5, 5.41) is 6.43. The zero-order valence-electron chi connectivity index (χ0n) is 16.2. The van der Waals surface area contributed by atoms with Gasteiger partial charge in [-0.05, 0) is 24.1 Å². The number of rotatable bonds is 6. The molecule has 0 aliphatic heterocycles. The highest BCUT2D eigenvalue weighted by Gasteiger charge is 2.19. The topological polar surface area (TPSA) is 124 Å². The molecule has 3 rings (SSSR count). The van der Waals surface area contributed by atoms with Crippen LogP contribution in [0, 0.1) is 0 Å². The van der Waals surface area contributed by atoms with Gasteiger partial charge >= 0.3 is 6.03 Å². The SMILES string of the molecule is CC(C)c1cc(N(C)C(=O)c2ccnc(Oc3cccc(NC(N)=O)c3)c2)on1. The number of nitrogens with zero attached hydrogens (tertiary/aromatic N) is 3. The van der Waals surface area contributed by atoms with Gasteiger partial charge < -0.3 is 20.3 Å². The van der Waals surface area contributed by atoms with Gasteiger partial charge in [-0.1, -0.05) is 25.1 Å². The molecular formula is C20H21N5O4. The second kappa shape index (κ2) is 8.42. The van der Waals surface area contributed by atoms with E-state index in [9.17, 15) is 9.59 Å². The van der Waals surface area contributed by atoms with Crippen molar-refractivity contribution < 1.29 is 18.8 Å². The van der Waals surface area contributed by atoms with Crippen LogP contribution >= 0.6 is 0 Å². The number of nitrogens with two attached hydrogens (primary N) is 1. The predicted molar refractivity (Wildman–Crippen MR) is 107 cm³/mol. The van der Waals surface area contributed by atoms with Crippen molar-refractivity contribution in [2.45, 2.75) is 19.8 Å². The summed E-state index contributed by atoms with van der Waals surface area (Å²) in [6, 6.07) is 10.8. The normalized spacial score (nSPS) is 10.6. The molecule has 3 N–H and O–H groups in total. The average Bonchev–Trinajstić information content (AvgIpc) is 3.17. The highest BCUT2D eigenvalue weighted by Crippen LogP contribution is 2.25. The van der Waals surface area contributed by atoms with Crippen LogP contribution in [0.5, 0.6) is 11.6 Å². The quantitative estimate of drug-likeness (QED) is 0.655. The number of hydrogen-bond donors (Lipinski definition) is 2. The maximum atomic E-state index is 12.8. The van der Waals surface area contributed by atoms with Gasteiger partial charge in [0.25, 0.3) is 5.91 Å². The van der Waals surface area contributed by atoms with Crippen LogP contribution in [0.3, 0.4) is 0 Å². The third kappa shape index (κ3) is 4.89. The van der Waals surface area contributed by atoms with Crippen LogP contribution in [-0.2, 0) is 0 Å². The highest BCUT2D eigenvalue weighted by molar-refractivity contribution is 6.05. The predicted octanol–water partition coefficient (Wildman–Crippen LogP) is 3.75. The Balaban J connectivity index is 1.76. The molecule has 0 spiro atoms. The molecule has 29 heavy (non-hydrogen) atoms. The van der Waals surface area contributed by atoms with E-state index in [1.54, 1.807) is 43.4 Å². The van der Waals surface area contributed by atoms with E-state index in [0.29, 0.717) is 22.9 Å². The number of urea groups is 1. The lowest BCUT2D eigenvalue weighted by atomic mass is 10.1. The molecule has 2 aromatic heterocycles. The molecule has 0 radical (unpaired) electrons. The molecule has 2 heterocycles. The number of anilines is 2. The lowest BCUT2D eigenvalue weighted by Gasteiger charge is -2.13. The van der Waals surface area contributed by atoms with Gasteiger partial charge in [0.1, 0.15) is 5.75 Å². The number of hydrogen-bond acceptors (Lipinski definition) is 6.